The highest BCUT2D eigenvalue weighted by atomic mass is 19.1. The van der Waals surface area contributed by atoms with Gasteiger partial charge < -0.3 is 30.3 Å². The van der Waals surface area contributed by atoms with Crippen LogP contribution in [0.3, 0.4) is 0 Å². The molecule has 3 N–H and O–H groups in total. The molecule has 12 heteroatoms. The summed E-state index contributed by atoms with van der Waals surface area (Å²) in [4.78, 5) is 65.4. The Labute approximate surface area is 229 Å². The molecule has 2 fully saturated rings. The molecule has 11 nitrogen and oxygen atoms in total. The van der Waals surface area contributed by atoms with Crippen molar-refractivity contribution in [3.05, 3.63) is 59.4 Å². The summed E-state index contributed by atoms with van der Waals surface area (Å²) in [6, 6.07) is 10.4. The number of methoxy groups -OCH3 is 1. The molecule has 0 radical (unpaired) electrons. The lowest BCUT2D eigenvalue weighted by atomic mass is 9.57. The SMILES string of the molecule is COC(=O)C1CC2(C1)CN(C(=O)C(=O)N1CCc3c(cccc3NC(=O)Nc3ccccc3F)C1)CC2C(=O)O. The van der Waals surface area contributed by atoms with Crippen molar-refractivity contribution >= 4 is 41.2 Å². The van der Waals surface area contributed by atoms with E-state index >= 15 is 0 Å². The molecule has 210 valence electrons. The lowest BCUT2D eigenvalue weighted by molar-refractivity contribution is -0.161. The third kappa shape index (κ3) is 4.96. The number of carbonyl (C=O) groups excluding carboxylic acids is 4. The maximum absolute atomic E-state index is 13.9. The molecular formula is C28H29FN4O7. The fourth-order valence-electron chi connectivity index (χ4n) is 6.14. The molecule has 5 rings (SSSR count). The van der Waals surface area contributed by atoms with E-state index in [4.69, 9.17) is 4.74 Å². The Balaban J connectivity index is 1.23. The highest BCUT2D eigenvalue weighted by Crippen LogP contribution is 2.55. The Bertz CT molecular complexity index is 1390. The number of hydrogen-bond donors (Lipinski definition) is 3. The average Bonchev–Trinajstić information content (AvgIpc) is 3.34. The number of likely N-dealkylation sites (tertiary alicyclic amines) is 1. The zero-order chi connectivity index (χ0) is 28.6. The topological polar surface area (TPSA) is 145 Å². The maximum atomic E-state index is 13.9. The number of esters is 1. The van der Waals surface area contributed by atoms with Gasteiger partial charge in [-0.2, -0.15) is 0 Å². The van der Waals surface area contributed by atoms with Crippen molar-refractivity contribution < 1.29 is 38.2 Å². The summed E-state index contributed by atoms with van der Waals surface area (Å²) in [6.07, 6.45) is 0.963. The molecule has 1 saturated heterocycles. The van der Waals surface area contributed by atoms with Crippen LogP contribution in [0.1, 0.15) is 24.0 Å². The van der Waals surface area contributed by atoms with Crippen LogP contribution in [-0.4, -0.2) is 71.4 Å². The summed E-state index contributed by atoms with van der Waals surface area (Å²) < 4.78 is 18.7. The first kappa shape index (κ1) is 27.1. The number of rotatable bonds is 4. The number of para-hydroxylation sites is 1. The van der Waals surface area contributed by atoms with Crippen molar-refractivity contribution in [2.75, 3.05) is 37.4 Å². The second kappa shape index (κ2) is 10.6. The number of nitrogens with one attached hydrogen (secondary N) is 2. The number of aliphatic carboxylic acids is 1. The lowest BCUT2D eigenvalue weighted by Crippen LogP contribution is -2.50. The van der Waals surface area contributed by atoms with Crippen LogP contribution < -0.4 is 10.6 Å². The minimum absolute atomic E-state index is 0.0385. The van der Waals surface area contributed by atoms with Gasteiger partial charge in [0.25, 0.3) is 0 Å². The lowest BCUT2D eigenvalue weighted by Gasteiger charge is -2.45. The molecule has 1 unspecified atom stereocenters. The molecule has 1 spiro atoms. The van der Waals surface area contributed by atoms with Gasteiger partial charge in [0.2, 0.25) is 0 Å². The standard InChI is InChI=1S/C28H29FN4O7/c1-40-26(38)17-11-28(12-17)15-33(14-19(28)25(36)37)24(35)23(34)32-10-9-18-16(13-32)5-4-8-21(18)30-27(39)31-22-7-3-2-6-20(22)29/h2-8,17,19H,9-15H2,1H3,(H,36,37)(H2,30,31,39). The van der Waals surface area contributed by atoms with Gasteiger partial charge in [0.05, 0.1) is 24.6 Å². The van der Waals surface area contributed by atoms with Crippen LogP contribution in [0.2, 0.25) is 0 Å². The van der Waals surface area contributed by atoms with Gasteiger partial charge in [-0.1, -0.05) is 24.3 Å². The van der Waals surface area contributed by atoms with Gasteiger partial charge in [-0.25, -0.2) is 9.18 Å². The Kier molecular flexibility index (Phi) is 7.17. The first-order valence-corrected chi connectivity index (χ1v) is 12.9. The number of anilines is 2. The Hall–Kier alpha value is -4.48. The third-order valence-corrected chi connectivity index (χ3v) is 8.18. The Morgan fingerprint density at radius 1 is 0.975 bits per heavy atom. The minimum Gasteiger partial charge on any atom is -0.481 e. The summed E-state index contributed by atoms with van der Waals surface area (Å²) in [7, 11) is 1.28. The van der Waals surface area contributed by atoms with Crippen LogP contribution in [-0.2, 0) is 36.9 Å². The Morgan fingerprint density at radius 2 is 1.65 bits per heavy atom. The van der Waals surface area contributed by atoms with Crippen LogP contribution >= 0.6 is 0 Å². The molecule has 2 aromatic carbocycles. The van der Waals surface area contributed by atoms with Crippen molar-refractivity contribution in [1.29, 1.82) is 0 Å². The van der Waals surface area contributed by atoms with Crippen LogP contribution in [0.15, 0.2) is 42.5 Å². The van der Waals surface area contributed by atoms with Gasteiger partial charge >= 0.3 is 29.8 Å². The molecule has 1 saturated carbocycles. The summed E-state index contributed by atoms with van der Waals surface area (Å²) in [5, 5.41) is 15.0. The fraction of sp³-hybridized carbons (Fsp3) is 0.393. The second-order valence-electron chi connectivity index (χ2n) is 10.5. The van der Waals surface area contributed by atoms with Gasteiger partial charge in [0.1, 0.15) is 5.82 Å². The van der Waals surface area contributed by atoms with Crippen molar-refractivity contribution in [2.45, 2.75) is 25.8 Å². The zero-order valence-corrected chi connectivity index (χ0v) is 21.8. The largest absolute Gasteiger partial charge is 0.481 e. The smallest absolute Gasteiger partial charge is 0.323 e. The second-order valence-corrected chi connectivity index (χ2v) is 10.5. The van der Waals surface area contributed by atoms with Gasteiger partial charge in [-0.15, -0.1) is 0 Å². The number of benzene rings is 2. The van der Waals surface area contributed by atoms with E-state index in [1.165, 1.54) is 35.1 Å². The van der Waals surface area contributed by atoms with Crippen LogP contribution in [0, 0.1) is 23.1 Å². The van der Waals surface area contributed by atoms with Crippen LogP contribution in [0.5, 0.6) is 0 Å². The summed E-state index contributed by atoms with van der Waals surface area (Å²) in [5.74, 6) is -4.80. The predicted octanol–water partition coefficient (Wildman–Crippen LogP) is 2.47. The van der Waals surface area contributed by atoms with Gasteiger partial charge in [0, 0.05) is 37.3 Å². The number of halogens is 1. The zero-order valence-electron chi connectivity index (χ0n) is 21.8. The van der Waals surface area contributed by atoms with Gasteiger partial charge in [-0.3, -0.25) is 19.2 Å². The number of carbonyl (C=O) groups is 5. The van der Waals surface area contributed by atoms with Crippen LogP contribution in [0.25, 0.3) is 0 Å². The minimum atomic E-state index is -1.06. The number of carboxylic acids is 1. The summed E-state index contributed by atoms with van der Waals surface area (Å²) in [5.41, 5.74) is 1.35. The van der Waals surface area contributed by atoms with Crippen molar-refractivity contribution in [2.24, 2.45) is 17.3 Å². The highest BCUT2D eigenvalue weighted by Gasteiger charge is 2.60. The van der Waals surface area contributed by atoms with Gasteiger partial charge in [-0.05, 0) is 48.6 Å². The van der Waals surface area contributed by atoms with Crippen molar-refractivity contribution in [3.8, 4) is 0 Å². The fourth-order valence-corrected chi connectivity index (χ4v) is 6.14. The molecule has 3 aliphatic rings. The molecule has 1 aliphatic carbocycles. The van der Waals surface area contributed by atoms with Crippen molar-refractivity contribution in [3.63, 3.8) is 0 Å². The first-order valence-electron chi connectivity index (χ1n) is 12.9. The first-order chi connectivity index (χ1) is 19.1. The number of urea groups is 1. The molecule has 40 heavy (non-hydrogen) atoms. The molecule has 0 bridgehead atoms. The van der Waals surface area contributed by atoms with E-state index in [-0.39, 0.29) is 31.9 Å². The molecular weight excluding hydrogens is 523 g/mol. The van der Waals surface area contributed by atoms with Gasteiger partial charge in [0.15, 0.2) is 0 Å². The number of fused-ring (bicyclic) bond motifs is 1. The molecule has 4 amide bonds. The maximum Gasteiger partial charge on any atom is 0.323 e. The Morgan fingerprint density at radius 3 is 2.35 bits per heavy atom. The summed E-state index contributed by atoms with van der Waals surface area (Å²) in [6.45, 7) is 0.355. The summed E-state index contributed by atoms with van der Waals surface area (Å²) >= 11 is 0. The van der Waals surface area contributed by atoms with E-state index in [1.54, 1.807) is 24.3 Å². The van der Waals surface area contributed by atoms with E-state index in [0.29, 0.717) is 24.9 Å². The number of amides is 4. The van der Waals surface area contributed by atoms with E-state index in [1.807, 2.05) is 0 Å². The number of carboxylic acid groups (broad SMARTS) is 1. The molecule has 0 aromatic heterocycles. The average molecular weight is 553 g/mol. The van der Waals surface area contributed by atoms with E-state index in [9.17, 15) is 33.5 Å². The molecule has 1 atom stereocenters. The monoisotopic (exact) mass is 552 g/mol. The van der Waals surface area contributed by atoms with Crippen LogP contribution in [0.4, 0.5) is 20.6 Å². The normalized spacial score (nSPS) is 23.1. The predicted molar refractivity (Wildman–Crippen MR) is 139 cm³/mol. The number of nitrogens with zero attached hydrogens (tertiary/aromatic N) is 2. The third-order valence-electron chi connectivity index (χ3n) is 8.18. The quantitative estimate of drug-likeness (QED) is 0.390. The van der Waals surface area contributed by atoms with E-state index in [2.05, 4.69) is 10.6 Å². The molecule has 2 heterocycles. The van der Waals surface area contributed by atoms with E-state index < -0.39 is 52.9 Å². The number of hydrogen-bond acceptors (Lipinski definition) is 6. The van der Waals surface area contributed by atoms with E-state index in [0.717, 1.165) is 11.1 Å². The van der Waals surface area contributed by atoms with Crippen molar-refractivity contribution in [1.82, 2.24) is 9.80 Å². The number of ether oxygens (including phenoxy) is 1. The highest BCUT2D eigenvalue weighted by molar-refractivity contribution is 6.35. The molecule has 2 aliphatic heterocycles. The molecule has 2 aromatic rings.